The number of hydrogen-bond acceptors (Lipinski definition) is 6. The average molecular weight is 375 g/mol. The molecule has 1 aliphatic heterocycles. The van der Waals surface area contributed by atoms with Crippen molar-refractivity contribution in [2.24, 2.45) is 0 Å². The van der Waals surface area contributed by atoms with Crippen LogP contribution in [0.5, 0.6) is 0 Å². The zero-order chi connectivity index (χ0) is 18.7. The van der Waals surface area contributed by atoms with Crippen LogP contribution >= 0.6 is 0 Å². The fraction of sp³-hybridized carbons (Fsp3) is 0.444. The molecule has 2 aromatic rings. The molecule has 1 aromatic heterocycles. The van der Waals surface area contributed by atoms with Crippen molar-refractivity contribution in [3.05, 3.63) is 41.5 Å². The molecule has 0 amide bonds. The first-order valence-electron chi connectivity index (χ1n) is 8.82. The maximum Gasteiger partial charge on any atom is 0.243 e. The van der Waals surface area contributed by atoms with Crippen molar-refractivity contribution in [3.63, 3.8) is 0 Å². The van der Waals surface area contributed by atoms with E-state index < -0.39 is 10.0 Å². The average Bonchev–Trinajstić information content (AvgIpc) is 2.65. The zero-order valence-electron chi connectivity index (χ0n) is 15.4. The summed E-state index contributed by atoms with van der Waals surface area (Å²) >= 11 is 0. The highest BCUT2D eigenvalue weighted by Crippen LogP contribution is 2.23. The molecule has 1 N–H and O–H groups in total. The number of rotatable bonds is 5. The van der Waals surface area contributed by atoms with Crippen molar-refractivity contribution >= 4 is 21.7 Å². The normalized spacial score (nSPS) is 15.9. The molecule has 1 fully saturated rings. The number of benzene rings is 1. The van der Waals surface area contributed by atoms with E-state index >= 15 is 0 Å². The summed E-state index contributed by atoms with van der Waals surface area (Å²) < 4.78 is 27.5. The molecule has 7 nitrogen and oxygen atoms in total. The summed E-state index contributed by atoms with van der Waals surface area (Å²) in [7, 11) is -3.47. The third-order valence-corrected chi connectivity index (χ3v) is 6.57. The van der Waals surface area contributed by atoms with Crippen molar-refractivity contribution in [1.29, 1.82) is 0 Å². The first kappa shape index (κ1) is 18.6. The standard InChI is InChI=1S/C18H25N5O2S/c1-4-19-17-7-8-18(21-20-17)22-9-11-23(12-10-22)26(24,25)16-13-14(2)5-6-15(16)3/h5-8,13H,4,9-12H2,1-3H3,(H,19,20). The van der Waals surface area contributed by atoms with Crippen LogP contribution in [0.25, 0.3) is 0 Å². The Bertz CT molecular complexity index is 860. The number of aromatic nitrogens is 2. The van der Waals surface area contributed by atoms with Gasteiger partial charge in [-0.05, 0) is 50.1 Å². The van der Waals surface area contributed by atoms with Crippen LogP contribution in [0, 0.1) is 13.8 Å². The van der Waals surface area contributed by atoms with Gasteiger partial charge in [0.15, 0.2) is 5.82 Å². The van der Waals surface area contributed by atoms with E-state index in [1.165, 1.54) is 0 Å². The van der Waals surface area contributed by atoms with Gasteiger partial charge in [-0.15, -0.1) is 10.2 Å². The summed E-state index contributed by atoms with van der Waals surface area (Å²) in [5.41, 5.74) is 1.73. The second-order valence-corrected chi connectivity index (χ2v) is 8.37. The Kier molecular flexibility index (Phi) is 5.43. The predicted octanol–water partition coefficient (Wildman–Crippen LogP) is 2.04. The molecule has 26 heavy (non-hydrogen) atoms. The first-order chi connectivity index (χ1) is 12.4. The largest absolute Gasteiger partial charge is 0.369 e. The van der Waals surface area contributed by atoms with E-state index in [0.29, 0.717) is 31.1 Å². The Labute approximate surface area is 155 Å². The van der Waals surface area contributed by atoms with Gasteiger partial charge in [-0.2, -0.15) is 4.31 Å². The van der Waals surface area contributed by atoms with E-state index in [-0.39, 0.29) is 0 Å². The minimum absolute atomic E-state index is 0.403. The number of anilines is 2. The van der Waals surface area contributed by atoms with E-state index in [2.05, 4.69) is 20.4 Å². The second kappa shape index (κ2) is 7.59. The Balaban J connectivity index is 1.70. The molecule has 3 rings (SSSR count). The van der Waals surface area contributed by atoms with E-state index in [9.17, 15) is 8.42 Å². The van der Waals surface area contributed by atoms with Crippen LogP contribution in [-0.2, 0) is 10.0 Å². The van der Waals surface area contributed by atoms with Gasteiger partial charge in [-0.1, -0.05) is 12.1 Å². The van der Waals surface area contributed by atoms with E-state index in [4.69, 9.17) is 0 Å². The molecule has 0 aliphatic carbocycles. The maximum atomic E-state index is 13.0. The molecule has 1 aromatic carbocycles. The lowest BCUT2D eigenvalue weighted by Gasteiger charge is -2.34. The lowest BCUT2D eigenvalue weighted by Crippen LogP contribution is -2.49. The minimum Gasteiger partial charge on any atom is -0.369 e. The third kappa shape index (κ3) is 3.81. The number of piperazine rings is 1. The van der Waals surface area contributed by atoms with Gasteiger partial charge in [0.05, 0.1) is 4.90 Å². The molecule has 0 unspecified atom stereocenters. The Morgan fingerprint density at radius 1 is 1.04 bits per heavy atom. The van der Waals surface area contributed by atoms with E-state index in [1.54, 1.807) is 10.4 Å². The topological polar surface area (TPSA) is 78.4 Å². The molecule has 0 saturated carbocycles. The van der Waals surface area contributed by atoms with Crippen LogP contribution in [0.4, 0.5) is 11.6 Å². The zero-order valence-corrected chi connectivity index (χ0v) is 16.3. The Morgan fingerprint density at radius 3 is 2.38 bits per heavy atom. The van der Waals surface area contributed by atoms with Crippen LogP contribution in [0.1, 0.15) is 18.1 Å². The lowest BCUT2D eigenvalue weighted by atomic mass is 10.2. The molecule has 0 spiro atoms. The van der Waals surface area contributed by atoms with Crippen molar-refractivity contribution in [2.75, 3.05) is 42.9 Å². The monoisotopic (exact) mass is 375 g/mol. The van der Waals surface area contributed by atoms with Crippen molar-refractivity contribution in [1.82, 2.24) is 14.5 Å². The molecule has 0 atom stereocenters. The van der Waals surface area contributed by atoms with Gasteiger partial charge in [-0.3, -0.25) is 0 Å². The number of nitrogens with one attached hydrogen (secondary N) is 1. The number of nitrogens with zero attached hydrogens (tertiary/aromatic N) is 4. The Morgan fingerprint density at radius 2 is 1.77 bits per heavy atom. The fourth-order valence-corrected chi connectivity index (χ4v) is 4.78. The van der Waals surface area contributed by atoms with Crippen LogP contribution in [0.2, 0.25) is 0 Å². The van der Waals surface area contributed by atoms with Gasteiger partial charge in [0.25, 0.3) is 0 Å². The highest BCUT2D eigenvalue weighted by atomic mass is 32.2. The highest BCUT2D eigenvalue weighted by molar-refractivity contribution is 7.89. The third-order valence-electron chi connectivity index (χ3n) is 4.53. The van der Waals surface area contributed by atoms with Crippen molar-refractivity contribution in [3.8, 4) is 0 Å². The number of sulfonamides is 1. The SMILES string of the molecule is CCNc1ccc(N2CCN(S(=O)(=O)c3cc(C)ccc3C)CC2)nn1. The number of hydrogen-bond donors (Lipinski definition) is 1. The maximum absolute atomic E-state index is 13.0. The summed E-state index contributed by atoms with van der Waals surface area (Å²) in [4.78, 5) is 2.47. The van der Waals surface area contributed by atoms with Crippen LogP contribution < -0.4 is 10.2 Å². The van der Waals surface area contributed by atoms with Gasteiger partial charge in [-0.25, -0.2) is 8.42 Å². The molecular weight excluding hydrogens is 350 g/mol. The summed E-state index contributed by atoms with van der Waals surface area (Å²) in [6.07, 6.45) is 0. The molecule has 2 heterocycles. The summed E-state index contributed by atoms with van der Waals surface area (Å²) in [5.74, 6) is 1.52. The predicted molar refractivity (Wildman–Crippen MR) is 103 cm³/mol. The van der Waals surface area contributed by atoms with Crippen molar-refractivity contribution in [2.45, 2.75) is 25.7 Å². The van der Waals surface area contributed by atoms with Crippen LogP contribution in [0.3, 0.4) is 0 Å². The smallest absolute Gasteiger partial charge is 0.243 e. The van der Waals surface area contributed by atoms with Gasteiger partial charge in [0.2, 0.25) is 10.0 Å². The molecule has 140 valence electrons. The second-order valence-electron chi connectivity index (χ2n) is 6.47. The van der Waals surface area contributed by atoms with E-state index in [1.807, 2.05) is 45.0 Å². The highest BCUT2D eigenvalue weighted by Gasteiger charge is 2.30. The number of aryl methyl sites for hydroxylation is 2. The quantitative estimate of drug-likeness (QED) is 0.862. The van der Waals surface area contributed by atoms with Gasteiger partial charge < -0.3 is 10.2 Å². The van der Waals surface area contributed by atoms with Gasteiger partial charge >= 0.3 is 0 Å². The molecule has 1 aliphatic rings. The molecule has 0 bridgehead atoms. The molecule has 0 radical (unpaired) electrons. The molecular formula is C18H25N5O2S. The first-order valence-corrected chi connectivity index (χ1v) is 10.3. The van der Waals surface area contributed by atoms with Gasteiger partial charge in [0.1, 0.15) is 5.82 Å². The van der Waals surface area contributed by atoms with Crippen LogP contribution in [-0.4, -0.2) is 55.6 Å². The Hall–Kier alpha value is -2.19. The van der Waals surface area contributed by atoms with Crippen molar-refractivity contribution < 1.29 is 8.42 Å². The molecule has 8 heteroatoms. The van der Waals surface area contributed by atoms with Gasteiger partial charge in [0, 0.05) is 32.7 Å². The fourth-order valence-electron chi connectivity index (χ4n) is 3.05. The lowest BCUT2D eigenvalue weighted by molar-refractivity contribution is 0.383. The summed E-state index contributed by atoms with van der Waals surface area (Å²) in [5, 5.41) is 11.5. The van der Waals surface area contributed by atoms with Crippen LogP contribution in [0.15, 0.2) is 35.2 Å². The summed E-state index contributed by atoms with van der Waals surface area (Å²) in [6.45, 7) is 8.61. The summed E-state index contributed by atoms with van der Waals surface area (Å²) in [6, 6.07) is 9.36. The minimum atomic E-state index is -3.47. The molecule has 1 saturated heterocycles. The van der Waals surface area contributed by atoms with E-state index in [0.717, 1.165) is 29.3 Å².